The molecule has 6 heteroatoms. The molecule has 0 aromatic heterocycles. The van der Waals surface area contributed by atoms with Crippen LogP contribution in [-0.2, 0) is 16.1 Å². The Kier molecular flexibility index (Phi) is 6.83. The van der Waals surface area contributed by atoms with E-state index in [0.717, 1.165) is 31.0 Å². The molecule has 0 spiro atoms. The second-order valence-electron chi connectivity index (χ2n) is 5.95. The normalized spacial score (nSPS) is 18.7. The number of likely N-dealkylation sites (N-methyl/N-ethyl adjacent to an activating group) is 2. The van der Waals surface area contributed by atoms with Gasteiger partial charge in [-0.25, -0.2) is 0 Å². The number of ether oxygens (including phenoxy) is 2. The Morgan fingerprint density at radius 1 is 1.48 bits per heavy atom. The predicted molar refractivity (Wildman–Crippen MR) is 89.6 cm³/mol. The maximum Gasteiger partial charge on any atom is 0.236 e. The molecule has 1 aromatic carbocycles. The van der Waals surface area contributed by atoms with Gasteiger partial charge in [0.25, 0.3) is 0 Å². The van der Waals surface area contributed by atoms with Crippen molar-refractivity contribution in [1.29, 1.82) is 0 Å². The lowest BCUT2D eigenvalue weighted by Crippen LogP contribution is -2.46. The maximum absolute atomic E-state index is 12.2. The largest absolute Gasteiger partial charge is 0.496 e. The first-order chi connectivity index (χ1) is 11.1. The van der Waals surface area contributed by atoms with E-state index in [1.807, 2.05) is 24.3 Å². The van der Waals surface area contributed by atoms with Crippen molar-refractivity contribution < 1.29 is 14.3 Å². The number of nitrogens with one attached hydrogen (secondary N) is 1. The molecular formula is C17H27N3O3. The lowest BCUT2D eigenvalue weighted by Gasteiger charge is -2.30. The zero-order valence-electron chi connectivity index (χ0n) is 14.2. The van der Waals surface area contributed by atoms with Crippen LogP contribution in [0.5, 0.6) is 5.75 Å². The quantitative estimate of drug-likeness (QED) is 0.796. The van der Waals surface area contributed by atoms with E-state index in [2.05, 4.69) is 17.3 Å². The minimum Gasteiger partial charge on any atom is -0.496 e. The van der Waals surface area contributed by atoms with Crippen LogP contribution in [0, 0.1) is 0 Å². The first-order valence-corrected chi connectivity index (χ1v) is 7.97. The molecule has 1 N–H and O–H groups in total. The molecule has 1 aliphatic heterocycles. The number of hydrogen-bond acceptors (Lipinski definition) is 5. The zero-order valence-corrected chi connectivity index (χ0v) is 14.2. The summed E-state index contributed by atoms with van der Waals surface area (Å²) < 4.78 is 11.0. The summed E-state index contributed by atoms with van der Waals surface area (Å²) >= 11 is 0. The maximum atomic E-state index is 12.2. The van der Waals surface area contributed by atoms with Crippen LogP contribution in [0.3, 0.4) is 0 Å². The van der Waals surface area contributed by atoms with Crippen LogP contribution >= 0.6 is 0 Å². The molecule has 0 radical (unpaired) electrons. The van der Waals surface area contributed by atoms with Crippen molar-refractivity contribution in [2.45, 2.75) is 12.6 Å². The molecule has 0 bridgehead atoms. The number of nitrogens with zero attached hydrogens (tertiary/aromatic N) is 2. The van der Waals surface area contributed by atoms with Crippen LogP contribution in [0.1, 0.15) is 5.56 Å². The molecule has 1 amide bonds. The average molecular weight is 321 g/mol. The first kappa shape index (κ1) is 17.7. The Hall–Kier alpha value is -1.63. The molecule has 2 rings (SSSR count). The zero-order chi connectivity index (χ0) is 16.7. The van der Waals surface area contributed by atoms with Gasteiger partial charge in [0, 0.05) is 38.8 Å². The standard InChI is InChI=1S/C17H27N3O3/c1-19-8-9-23-15(13-19)10-18-11-17(21)20(2)12-14-6-4-5-7-16(14)22-3/h4-7,15,18H,8-13H2,1-3H3/t15-/m1/s1. The molecule has 6 nitrogen and oxygen atoms in total. The van der Waals surface area contributed by atoms with Gasteiger partial charge in [0.05, 0.1) is 26.4 Å². The fraction of sp³-hybridized carbons (Fsp3) is 0.588. The molecule has 1 fully saturated rings. The summed E-state index contributed by atoms with van der Waals surface area (Å²) in [6.45, 7) is 4.17. The highest BCUT2D eigenvalue weighted by molar-refractivity contribution is 5.78. The van der Waals surface area contributed by atoms with E-state index in [4.69, 9.17) is 9.47 Å². The highest BCUT2D eigenvalue weighted by Gasteiger charge is 2.18. The monoisotopic (exact) mass is 321 g/mol. The van der Waals surface area contributed by atoms with Crippen LogP contribution in [0.2, 0.25) is 0 Å². The third-order valence-corrected chi connectivity index (χ3v) is 4.02. The molecule has 0 unspecified atom stereocenters. The van der Waals surface area contributed by atoms with Gasteiger partial charge in [-0.05, 0) is 13.1 Å². The number of benzene rings is 1. The van der Waals surface area contributed by atoms with Crippen molar-refractivity contribution in [2.24, 2.45) is 0 Å². The van der Waals surface area contributed by atoms with Crippen molar-refractivity contribution in [3.8, 4) is 5.75 Å². The molecule has 1 atom stereocenters. The highest BCUT2D eigenvalue weighted by atomic mass is 16.5. The summed E-state index contributed by atoms with van der Waals surface area (Å²) in [7, 11) is 5.53. The number of carbonyl (C=O) groups is 1. The van der Waals surface area contributed by atoms with Crippen molar-refractivity contribution in [3.05, 3.63) is 29.8 Å². The van der Waals surface area contributed by atoms with Gasteiger partial charge in [-0.3, -0.25) is 4.79 Å². The van der Waals surface area contributed by atoms with Gasteiger partial charge in [-0.2, -0.15) is 0 Å². The summed E-state index contributed by atoms with van der Waals surface area (Å²) in [6.07, 6.45) is 0.154. The Labute approximate surface area is 138 Å². The summed E-state index contributed by atoms with van der Waals surface area (Å²) in [6, 6.07) is 7.75. The number of amides is 1. The van der Waals surface area contributed by atoms with Gasteiger partial charge in [-0.1, -0.05) is 18.2 Å². The Morgan fingerprint density at radius 2 is 2.26 bits per heavy atom. The summed E-state index contributed by atoms with van der Waals surface area (Å²) in [5.41, 5.74) is 1.00. The molecule has 1 aromatic rings. The van der Waals surface area contributed by atoms with Crippen molar-refractivity contribution in [2.75, 3.05) is 54.0 Å². The topological polar surface area (TPSA) is 54.0 Å². The lowest BCUT2D eigenvalue weighted by atomic mass is 10.2. The van der Waals surface area contributed by atoms with Crippen molar-refractivity contribution in [3.63, 3.8) is 0 Å². The molecule has 0 saturated carbocycles. The summed E-state index contributed by atoms with van der Waals surface area (Å²) in [4.78, 5) is 16.2. The fourth-order valence-corrected chi connectivity index (χ4v) is 2.64. The summed E-state index contributed by atoms with van der Waals surface area (Å²) in [5.74, 6) is 0.860. The Morgan fingerprint density at radius 3 is 3.00 bits per heavy atom. The minimum atomic E-state index is 0.0556. The molecule has 1 saturated heterocycles. The molecular weight excluding hydrogens is 294 g/mol. The van der Waals surface area contributed by atoms with E-state index < -0.39 is 0 Å². The summed E-state index contributed by atoms with van der Waals surface area (Å²) in [5, 5.41) is 3.20. The van der Waals surface area contributed by atoms with Gasteiger partial charge in [-0.15, -0.1) is 0 Å². The van der Waals surface area contributed by atoms with Gasteiger partial charge in [0.2, 0.25) is 5.91 Å². The second kappa shape index (κ2) is 8.86. The van der Waals surface area contributed by atoms with Crippen LogP contribution in [0.25, 0.3) is 0 Å². The Balaban J connectivity index is 1.74. The van der Waals surface area contributed by atoms with Gasteiger partial charge in [0.1, 0.15) is 5.75 Å². The van der Waals surface area contributed by atoms with Crippen LogP contribution in [0.4, 0.5) is 0 Å². The average Bonchev–Trinajstić information content (AvgIpc) is 2.55. The van der Waals surface area contributed by atoms with Crippen LogP contribution in [-0.4, -0.2) is 75.8 Å². The SMILES string of the molecule is COc1ccccc1CN(C)C(=O)CNC[C@@H]1CN(C)CCO1. The number of para-hydroxylation sites is 1. The minimum absolute atomic E-state index is 0.0556. The van der Waals surface area contributed by atoms with Gasteiger partial charge >= 0.3 is 0 Å². The van der Waals surface area contributed by atoms with Crippen molar-refractivity contribution in [1.82, 2.24) is 15.1 Å². The first-order valence-electron chi connectivity index (χ1n) is 7.97. The molecule has 128 valence electrons. The molecule has 0 aliphatic carbocycles. The molecule has 23 heavy (non-hydrogen) atoms. The van der Waals surface area contributed by atoms with Gasteiger partial charge in [0.15, 0.2) is 0 Å². The van der Waals surface area contributed by atoms with Crippen LogP contribution < -0.4 is 10.1 Å². The highest BCUT2D eigenvalue weighted by Crippen LogP contribution is 2.18. The number of carbonyl (C=O) groups excluding carboxylic acids is 1. The van der Waals surface area contributed by atoms with E-state index in [0.29, 0.717) is 19.6 Å². The smallest absolute Gasteiger partial charge is 0.236 e. The molecule has 1 aliphatic rings. The number of hydrogen-bond donors (Lipinski definition) is 1. The van der Waals surface area contributed by atoms with Gasteiger partial charge < -0.3 is 24.6 Å². The predicted octanol–water partition coefficient (Wildman–Crippen LogP) is 0.574. The van der Waals surface area contributed by atoms with E-state index in [1.165, 1.54) is 0 Å². The second-order valence-corrected chi connectivity index (χ2v) is 5.95. The lowest BCUT2D eigenvalue weighted by molar-refractivity contribution is -0.129. The number of morpholine rings is 1. The number of methoxy groups -OCH3 is 1. The Bertz CT molecular complexity index is 510. The fourth-order valence-electron chi connectivity index (χ4n) is 2.64. The van der Waals surface area contributed by atoms with Crippen LogP contribution in [0.15, 0.2) is 24.3 Å². The third-order valence-electron chi connectivity index (χ3n) is 4.02. The van der Waals surface area contributed by atoms with E-state index in [1.54, 1.807) is 19.1 Å². The number of rotatable bonds is 7. The van der Waals surface area contributed by atoms with Crippen molar-refractivity contribution >= 4 is 5.91 Å². The third kappa shape index (κ3) is 5.49. The van der Waals surface area contributed by atoms with E-state index >= 15 is 0 Å². The molecule has 1 heterocycles. The van der Waals surface area contributed by atoms with E-state index in [9.17, 15) is 4.79 Å². The van der Waals surface area contributed by atoms with E-state index in [-0.39, 0.29) is 12.0 Å².